The van der Waals surface area contributed by atoms with E-state index in [1.165, 1.54) is 6.07 Å². The van der Waals surface area contributed by atoms with Crippen molar-refractivity contribution in [3.63, 3.8) is 0 Å². The second-order valence-corrected chi connectivity index (χ2v) is 8.21. The van der Waals surface area contributed by atoms with Crippen LogP contribution in [0.1, 0.15) is 51.7 Å². The number of hydrogen-bond donors (Lipinski definition) is 0. The average Bonchev–Trinajstić information content (AvgIpc) is 2.82. The van der Waals surface area contributed by atoms with Crippen LogP contribution in [0.15, 0.2) is 48.6 Å². The van der Waals surface area contributed by atoms with Crippen LogP contribution in [0.3, 0.4) is 0 Å². The normalized spacial score (nSPS) is 9.74. The van der Waals surface area contributed by atoms with Crippen molar-refractivity contribution in [1.82, 2.24) is 0 Å². The molecule has 0 saturated carbocycles. The number of nitriles is 2. The first-order valence-electron chi connectivity index (χ1n) is 11.2. The van der Waals surface area contributed by atoms with Gasteiger partial charge in [0.15, 0.2) is 0 Å². The fraction of sp³-hybridized carbons (Fsp3) is 0.385. The van der Waals surface area contributed by atoms with Crippen LogP contribution >= 0.6 is 11.6 Å². The Balaban J connectivity index is 0.000000342. The summed E-state index contributed by atoms with van der Waals surface area (Å²) in [5.74, 6) is 0. The summed E-state index contributed by atoms with van der Waals surface area (Å²) in [6, 6.07) is 14.1. The maximum absolute atomic E-state index is 10.7. The number of nitrogens with zero attached hydrogens (tertiary/aromatic N) is 5. The molecule has 0 aliphatic heterocycles. The van der Waals surface area contributed by atoms with E-state index in [4.69, 9.17) is 22.1 Å². The van der Waals surface area contributed by atoms with Gasteiger partial charge in [0.25, 0.3) is 5.69 Å². The van der Waals surface area contributed by atoms with Crippen molar-refractivity contribution < 1.29 is 4.92 Å². The Morgan fingerprint density at radius 2 is 1.56 bits per heavy atom. The highest BCUT2D eigenvalue weighted by molar-refractivity contribution is 6.32. The van der Waals surface area contributed by atoms with Crippen LogP contribution in [0.2, 0.25) is 5.02 Å². The third-order valence-corrected chi connectivity index (χ3v) is 5.24. The van der Waals surface area contributed by atoms with E-state index in [2.05, 4.69) is 31.4 Å². The summed E-state index contributed by atoms with van der Waals surface area (Å²) in [5, 5.41) is 29.0. The Kier molecular flexibility index (Phi) is 12.2. The first-order chi connectivity index (χ1) is 16.2. The predicted molar refractivity (Wildman–Crippen MR) is 139 cm³/mol. The Morgan fingerprint density at radius 3 is 2.00 bits per heavy atom. The first kappa shape index (κ1) is 28.5. The van der Waals surface area contributed by atoms with Gasteiger partial charge in [-0.3, -0.25) is 10.1 Å². The Labute approximate surface area is 207 Å². The molecule has 8 heteroatoms. The molecule has 0 aromatic heterocycles. The fourth-order valence-corrected chi connectivity index (χ4v) is 3.60. The number of nitro benzene ring substituents is 1. The second-order valence-electron chi connectivity index (χ2n) is 7.80. The van der Waals surface area contributed by atoms with Crippen molar-refractivity contribution in [3.8, 4) is 12.1 Å². The van der Waals surface area contributed by atoms with Crippen LogP contribution in [0.4, 0.5) is 17.1 Å². The zero-order valence-corrected chi connectivity index (χ0v) is 21.1. The van der Waals surface area contributed by atoms with Gasteiger partial charge in [0.2, 0.25) is 0 Å². The minimum absolute atomic E-state index is 0.0812. The molecule has 0 aliphatic carbocycles. The minimum atomic E-state index is -0.544. The molecule has 0 amide bonds. The Morgan fingerprint density at radius 1 is 1.00 bits per heavy atom. The monoisotopic (exact) mass is 481 g/mol. The van der Waals surface area contributed by atoms with Crippen LogP contribution < -0.4 is 9.80 Å². The van der Waals surface area contributed by atoms with Crippen LogP contribution in [0.5, 0.6) is 0 Å². The highest BCUT2D eigenvalue weighted by atomic mass is 35.5. The third kappa shape index (κ3) is 8.42. The van der Waals surface area contributed by atoms with Crippen LogP contribution in [-0.4, -0.2) is 31.1 Å². The largest absolute Gasteiger partial charge is 0.372 e. The number of nitro groups is 1. The van der Waals surface area contributed by atoms with Gasteiger partial charge in [0.05, 0.1) is 15.5 Å². The average molecular weight is 482 g/mol. The maximum atomic E-state index is 10.7. The number of rotatable bonds is 10. The smallest absolute Gasteiger partial charge is 0.287 e. The van der Waals surface area contributed by atoms with E-state index >= 15 is 0 Å². The lowest BCUT2D eigenvalue weighted by Gasteiger charge is -2.24. The molecule has 0 saturated heterocycles. The van der Waals surface area contributed by atoms with Gasteiger partial charge in [-0.1, -0.05) is 37.6 Å². The van der Waals surface area contributed by atoms with Gasteiger partial charge < -0.3 is 9.80 Å². The van der Waals surface area contributed by atoms with Crippen LogP contribution in [0, 0.1) is 32.8 Å². The van der Waals surface area contributed by atoms with Gasteiger partial charge in [-0.2, -0.15) is 10.5 Å². The highest BCUT2D eigenvalue weighted by Crippen LogP contribution is 2.25. The summed E-state index contributed by atoms with van der Waals surface area (Å²) in [5.41, 5.74) is 3.35. The van der Waals surface area contributed by atoms with Crippen molar-refractivity contribution in [3.05, 3.63) is 74.8 Å². The van der Waals surface area contributed by atoms with Crippen molar-refractivity contribution in [2.45, 2.75) is 40.5 Å². The molecule has 0 unspecified atom stereocenters. The van der Waals surface area contributed by atoms with Crippen LogP contribution in [-0.2, 0) is 0 Å². The van der Waals surface area contributed by atoms with Gasteiger partial charge in [-0.05, 0) is 57.0 Å². The maximum Gasteiger partial charge on any atom is 0.287 e. The number of benzene rings is 2. The molecule has 2 rings (SSSR count). The standard InChI is InChI=1S/C13H17ClN2.C13H15N3O2/c1-3-7-16(8-4-2)12-6-5-11(10-15)13(14)9-12;1-4-15(9-10(2)3)12-5-6-13(16(17)18)11(7-12)8-14/h5-6,9H,3-4,7-8H2,1-2H3;5-7H,2,4,9H2,1,3H3. The zero-order chi connectivity index (χ0) is 25.7. The fourth-order valence-electron chi connectivity index (χ4n) is 3.38. The number of likely N-dealkylation sites (N-methyl/N-ethyl adjacent to an activating group) is 1. The molecule has 180 valence electrons. The Hall–Kier alpha value is -3.55. The second kappa shape index (κ2) is 14.6. The molecule has 0 N–H and O–H groups in total. The summed E-state index contributed by atoms with van der Waals surface area (Å²) in [7, 11) is 0. The van der Waals surface area contributed by atoms with Crippen molar-refractivity contribution in [2.75, 3.05) is 36.0 Å². The predicted octanol–water partition coefficient (Wildman–Crippen LogP) is 6.71. The third-order valence-electron chi connectivity index (χ3n) is 4.93. The van der Waals surface area contributed by atoms with E-state index < -0.39 is 4.92 Å². The quantitative estimate of drug-likeness (QED) is 0.212. The van der Waals surface area contributed by atoms with E-state index in [-0.39, 0.29) is 11.3 Å². The van der Waals surface area contributed by atoms with Gasteiger partial charge >= 0.3 is 0 Å². The van der Waals surface area contributed by atoms with Gasteiger partial charge in [0, 0.05) is 43.6 Å². The molecule has 0 aliphatic rings. The zero-order valence-electron chi connectivity index (χ0n) is 20.3. The summed E-state index contributed by atoms with van der Waals surface area (Å²) in [4.78, 5) is 14.5. The number of halogens is 1. The summed E-state index contributed by atoms with van der Waals surface area (Å²) < 4.78 is 0. The van der Waals surface area contributed by atoms with Gasteiger partial charge in [-0.15, -0.1) is 0 Å². The molecule has 7 nitrogen and oxygen atoms in total. The van der Waals surface area contributed by atoms with E-state index in [9.17, 15) is 10.1 Å². The van der Waals surface area contributed by atoms with Crippen molar-refractivity contribution in [2.24, 2.45) is 0 Å². The molecule has 34 heavy (non-hydrogen) atoms. The highest BCUT2D eigenvalue weighted by Gasteiger charge is 2.15. The van der Waals surface area contributed by atoms with E-state index in [0.29, 0.717) is 17.1 Å². The summed E-state index contributed by atoms with van der Waals surface area (Å²) in [6.07, 6.45) is 2.22. The van der Waals surface area contributed by atoms with Gasteiger partial charge in [-0.25, -0.2) is 0 Å². The van der Waals surface area contributed by atoms with E-state index in [1.807, 2.05) is 36.9 Å². The molecule has 0 atom stereocenters. The number of hydrogen-bond acceptors (Lipinski definition) is 6. The van der Waals surface area contributed by atoms with Crippen molar-refractivity contribution >= 4 is 28.7 Å². The SMILES string of the molecule is C=C(C)CN(CC)c1ccc([N+](=O)[O-])c(C#N)c1.CCCN(CCC)c1ccc(C#N)c(Cl)c1. The Bertz CT molecular complexity index is 1070. The lowest BCUT2D eigenvalue weighted by molar-refractivity contribution is -0.385. The molecule has 0 spiro atoms. The molecule has 0 radical (unpaired) electrons. The lowest BCUT2D eigenvalue weighted by atomic mass is 10.1. The summed E-state index contributed by atoms with van der Waals surface area (Å²) >= 11 is 6.02. The van der Waals surface area contributed by atoms with E-state index in [1.54, 1.807) is 18.2 Å². The lowest BCUT2D eigenvalue weighted by Crippen LogP contribution is -2.24. The van der Waals surface area contributed by atoms with Gasteiger partial charge in [0.1, 0.15) is 17.7 Å². The molecular weight excluding hydrogens is 450 g/mol. The molecule has 0 heterocycles. The molecule has 2 aromatic rings. The topological polar surface area (TPSA) is 97.2 Å². The number of anilines is 2. The molecular formula is C26H32ClN5O2. The van der Waals surface area contributed by atoms with E-state index in [0.717, 1.165) is 49.4 Å². The molecule has 0 fully saturated rings. The van der Waals surface area contributed by atoms with Crippen LogP contribution in [0.25, 0.3) is 0 Å². The molecule has 0 bridgehead atoms. The first-order valence-corrected chi connectivity index (χ1v) is 11.6. The summed E-state index contributed by atoms with van der Waals surface area (Å²) in [6.45, 7) is 15.5. The minimum Gasteiger partial charge on any atom is -0.372 e. The molecule has 2 aromatic carbocycles. The van der Waals surface area contributed by atoms with Crippen molar-refractivity contribution in [1.29, 1.82) is 10.5 Å².